The third-order valence-electron chi connectivity index (χ3n) is 7.29. The Hall–Kier alpha value is -3.44. The largest absolute Gasteiger partial charge is 0.381 e. The molecule has 4 aromatic heterocycles. The number of fused-ring (bicyclic) bond motifs is 6. The van der Waals surface area contributed by atoms with Crippen LogP contribution in [0.25, 0.3) is 22.8 Å². The fourth-order valence-electron chi connectivity index (χ4n) is 5.42. The van der Waals surface area contributed by atoms with Crippen molar-refractivity contribution in [2.24, 2.45) is 0 Å². The van der Waals surface area contributed by atoms with Crippen LogP contribution in [0.5, 0.6) is 0 Å². The van der Waals surface area contributed by atoms with E-state index in [1.807, 2.05) is 49.1 Å². The maximum atomic E-state index is 4.94. The molecular formula is C30H32N4O. The first kappa shape index (κ1) is 23.3. The number of ether oxygens (including phenoxy) is 1. The first-order valence-corrected chi connectivity index (χ1v) is 12.7. The Morgan fingerprint density at radius 1 is 0.629 bits per heavy atom. The Morgan fingerprint density at radius 2 is 1.06 bits per heavy atom. The summed E-state index contributed by atoms with van der Waals surface area (Å²) >= 11 is 0. The average Bonchev–Trinajstić information content (AvgIpc) is 3.68. The highest BCUT2D eigenvalue weighted by Gasteiger charge is 2.41. The summed E-state index contributed by atoms with van der Waals surface area (Å²) in [5.74, 6) is 0. The van der Waals surface area contributed by atoms with Crippen LogP contribution in [0, 0.1) is 0 Å². The van der Waals surface area contributed by atoms with Crippen LogP contribution in [0.1, 0.15) is 61.8 Å². The number of aromatic nitrogens is 4. The summed E-state index contributed by atoms with van der Waals surface area (Å²) in [4.78, 5) is 17.7. The first-order chi connectivity index (χ1) is 17.3. The van der Waals surface area contributed by atoms with E-state index >= 15 is 0 Å². The number of rotatable bonds is 2. The highest BCUT2D eigenvalue weighted by atomic mass is 16.5. The maximum absolute atomic E-state index is 4.94. The molecule has 178 valence electrons. The van der Waals surface area contributed by atoms with Crippen molar-refractivity contribution >= 4 is 0 Å². The lowest BCUT2D eigenvalue weighted by Gasteiger charge is -2.28. The second-order valence-electron chi connectivity index (χ2n) is 9.11. The molecule has 0 amide bonds. The Kier molecular flexibility index (Phi) is 6.96. The van der Waals surface area contributed by atoms with Gasteiger partial charge in [0.05, 0.1) is 22.8 Å². The predicted molar refractivity (Wildman–Crippen MR) is 139 cm³/mol. The van der Waals surface area contributed by atoms with Crippen molar-refractivity contribution in [3.05, 3.63) is 95.6 Å². The van der Waals surface area contributed by atoms with Crippen LogP contribution in [0.3, 0.4) is 0 Å². The predicted octanol–water partition coefficient (Wildman–Crippen LogP) is 6.41. The van der Waals surface area contributed by atoms with E-state index < -0.39 is 0 Å². The standard InChI is InChI=1S/C15H16N2.C11H8N2.C4H8O/c1-3-15(4-2)11-7-5-9-16-13(11)14-12(15)8-6-10-17-14;1-3-8-7-9-4-2-6-13-11(9)10(8)12-5-1;1-2-4-5-3-1/h5-10H,3-4H2,1-2H3;1-6H,7H2;1-4H2. The maximum Gasteiger partial charge on any atom is 0.0930 e. The molecule has 0 unspecified atom stereocenters. The molecule has 1 fully saturated rings. The molecule has 5 heterocycles. The molecule has 7 rings (SSSR count). The summed E-state index contributed by atoms with van der Waals surface area (Å²) in [6.45, 7) is 6.50. The molecule has 3 aliphatic rings. The Balaban J connectivity index is 0.000000124. The molecule has 0 saturated carbocycles. The SMILES string of the molecule is C1CCOC1.CCC1(CC)c2cccnc2-c2ncccc21.c1cnc2c(c1)Cc1cccnc1-2. The van der Waals surface area contributed by atoms with Crippen LogP contribution in [-0.2, 0) is 16.6 Å². The second kappa shape index (κ2) is 10.4. The van der Waals surface area contributed by atoms with Crippen LogP contribution >= 0.6 is 0 Å². The molecule has 0 aromatic carbocycles. The van der Waals surface area contributed by atoms with Crippen molar-refractivity contribution in [3.63, 3.8) is 0 Å². The van der Waals surface area contributed by atoms with Gasteiger partial charge in [-0.15, -0.1) is 0 Å². The van der Waals surface area contributed by atoms with Crippen LogP contribution in [0.15, 0.2) is 73.3 Å². The van der Waals surface area contributed by atoms with Crippen LogP contribution in [0.2, 0.25) is 0 Å². The van der Waals surface area contributed by atoms with Gasteiger partial charge in [-0.05, 0) is 72.2 Å². The lowest BCUT2D eigenvalue weighted by molar-refractivity contribution is 0.198. The van der Waals surface area contributed by atoms with Gasteiger partial charge in [0.15, 0.2) is 0 Å². The smallest absolute Gasteiger partial charge is 0.0930 e. The van der Waals surface area contributed by atoms with Crippen LogP contribution in [-0.4, -0.2) is 33.1 Å². The van der Waals surface area contributed by atoms with Gasteiger partial charge in [0.25, 0.3) is 0 Å². The van der Waals surface area contributed by atoms with Gasteiger partial charge in [0.1, 0.15) is 0 Å². The van der Waals surface area contributed by atoms with Crippen molar-refractivity contribution in [2.75, 3.05) is 13.2 Å². The van der Waals surface area contributed by atoms with Gasteiger partial charge in [0, 0.05) is 49.8 Å². The molecule has 0 bridgehead atoms. The number of hydrogen-bond acceptors (Lipinski definition) is 5. The number of hydrogen-bond donors (Lipinski definition) is 0. The van der Waals surface area contributed by atoms with Gasteiger partial charge in [-0.25, -0.2) is 0 Å². The van der Waals surface area contributed by atoms with Crippen molar-refractivity contribution < 1.29 is 4.74 Å². The summed E-state index contributed by atoms with van der Waals surface area (Å²) in [5.41, 5.74) is 9.65. The Morgan fingerprint density at radius 3 is 1.46 bits per heavy atom. The van der Waals surface area contributed by atoms with E-state index in [0.717, 1.165) is 55.3 Å². The summed E-state index contributed by atoms with van der Waals surface area (Å²) < 4.78 is 4.94. The minimum atomic E-state index is 0.118. The number of pyridine rings is 4. The lowest BCUT2D eigenvalue weighted by Crippen LogP contribution is -2.23. The third-order valence-corrected chi connectivity index (χ3v) is 7.29. The van der Waals surface area contributed by atoms with Gasteiger partial charge >= 0.3 is 0 Å². The first-order valence-electron chi connectivity index (χ1n) is 12.7. The van der Waals surface area contributed by atoms with E-state index in [1.54, 1.807) is 0 Å². The van der Waals surface area contributed by atoms with Crippen LogP contribution < -0.4 is 0 Å². The van der Waals surface area contributed by atoms with Crippen molar-refractivity contribution in [1.82, 2.24) is 19.9 Å². The molecule has 35 heavy (non-hydrogen) atoms. The molecule has 0 atom stereocenters. The summed E-state index contributed by atoms with van der Waals surface area (Å²) in [6.07, 6.45) is 13.1. The zero-order valence-electron chi connectivity index (χ0n) is 20.6. The van der Waals surface area contributed by atoms with Crippen molar-refractivity contribution in [3.8, 4) is 22.8 Å². The van der Waals surface area contributed by atoms with E-state index in [2.05, 4.69) is 58.0 Å². The molecule has 1 saturated heterocycles. The summed E-state index contributed by atoms with van der Waals surface area (Å²) in [6, 6.07) is 16.7. The molecule has 2 aliphatic carbocycles. The molecule has 4 aromatic rings. The van der Waals surface area contributed by atoms with E-state index in [-0.39, 0.29) is 5.41 Å². The van der Waals surface area contributed by atoms with Gasteiger partial charge in [-0.3, -0.25) is 19.9 Å². The summed E-state index contributed by atoms with van der Waals surface area (Å²) in [5, 5.41) is 0. The molecule has 1 aliphatic heterocycles. The Bertz CT molecular complexity index is 1200. The topological polar surface area (TPSA) is 60.8 Å². The monoisotopic (exact) mass is 464 g/mol. The van der Waals surface area contributed by atoms with Gasteiger partial charge < -0.3 is 4.74 Å². The normalized spacial score (nSPS) is 15.5. The second-order valence-corrected chi connectivity index (χ2v) is 9.11. The fourth-order valence-corrected chi connectivity index (χ4v) is 5.42. The average molecular weight is 465 g/mol. The van der Waals surface area contributed by atoms with Gasteiger partial charge in [0.2, 0.25) is 0 Å². The fraction of sp³-hybridized carbons (Fsp3) is 0.333. The van der Waals surface area contributed by atoms with E-state index in [4.69, 9.17) is 4.74 Å². The highest BCUT2D eigenvalue weighted by Crippen LogP contribution is 2.50. The molecule has 0 spiro atoms. The molecule has 0 radical (unpaired) electrons. The summed E-state index contributed by atoms with van der Waals surface area (Å²) in [7, 11) is 0. The van der Waals surface area contributed by atoms with E-state index in [9.17, 15) is 0 Å². The molecule has 0 N–H and O–H groups in total. The number of nitrogens with zero attached hydrogens (tertiary/aromatic N) is 4. The third kappa shape index (κ3) is 4.37. The van der Waals surface area contributed by atoms with E-state index in [0.29, 0.717) is 0 Å². The van der Waals surface area contributed by atoms with Crippen molar-refractivity contribution in [2.45, 2.75) is 51.4 Å². The quantitative estimate of drug-likeness (QED) is 0.302. The lowest BCUT2D eigenvalue weighted by atomic mass is 9.74. The molecule has 5 nitrogen and oxygen atoms in total. The minimum Gasteiger partial charge on any atom is -0.381 e. The Labute approximate surface area is 207 Å². The zero-order chi connectivity index (χ0) is 24.1. The van der Waals surface area contributed by atoms with Gasteiger partial charge in [-0.2, -0.15) is 0 Å². The highest BCUT2D eigenvalue weighted by molar-refractivity contribution is 5.74. The minimum absolute atomic E-state index is 0.118. The van der Waals surface area contributed by atoms with Crippen LogP contribution in [0.4, 0.5) is 0 Å². The molecule has 5 heteroatoms. The zero-order valence-corrected chi connectivity index (χ0v) is 20.6. The van der Waals surface area contributed by atoms with Gasteiger partial charge in [-0.1, -0.05) is 38.1 Å². The van der Waals surface area contributed by atoms with Crippen molar-refractivity contribution in [1.29, 1.82) is 0 Å². The molecular weight excluding hydrogens is 432 g/mol. The van der Waals surface area contributed by atoms with E-state index in [1.165, 1.54) is 35.1 Å².